The van der Waals surface area contributed by atoms with Crippen molar-refractivity contribution in [2.45, 2.75) is 20.3 Å². The fourth-order valence-electron chi connectivity index (χ4n) is 3.48. The van der Waals surface area contributed by atoms with Crippen LogP contribution >= 0.6 is 0 Å². The highest BCUT2D eigenvalue weighted by molar-refractivity contribution is 5.97. The van der Waals surface area contributed by atoms with Crippen molar-refractivity contribution in [1.29, 1.82) is 0 Å². The number of pyridine rings is 1. The molecule has 0 aliphatic heterocycles. The van der Waals surface area contributed by atoms with Crippen LogP contribution in [-0.2, 0) is 6.42 Å². The molecule has 9 nitrogen and oxygen atoms in total. The first-order valence-corrected chi connectivity index (χ1v) is 9.56. The number of Topliss-reactive ketones (excluding diaryl/α,β-unsaturated/α-hetero) is 1. The Balaban J connectivity index is 1.46. The van der Waals surface area contributed by atoms with Crippen LogP contribution in [0.5, 0.6) is 0 Å². The number of hydrogen-bond acceptors (Lipinski definition) is 6. The zero-order valence-electron chi connectivity index (χ0n) is 16.7. The Kier molecular flexibility index (Phi) is 4.39. The van der Waals surface area contributed by atoms with E-state index in [2.05, 4.69) is 40.8 Å². The van der Waals surface area contributed by atoms with E-state index in [9.17, 15) is 9.18 Å². The lowest BCUT2D eigenvalue weighted by atomic mass is 10.0. The highest BCUT2D eigenvalue weighted by atomic mass is 19.1. The Morgan fingerprint density at radius 3 is 2.74 bits per heavy atom. The maximum atomic E-state index is 14.2. The van der Waals surface area contributed by atoms with Gasteiger partial charge in [0.1, 0.15) is 17.2 Å². The van der Waals surface area contributed by atoms with Crippen LogP contribution in [0.15, 0.2) is 36.5 Å². The first-order valence-electron chi connectivity index (χ1n) is 9.56. The molecular formula is C21H17FN8O. The lowest BCUT2D eigenvalue weighted by Gasteiger charge is -2.02. The van der Waals surface area contributed by atoms with Gasteiger partial charge in [0.05, 0.1) is 5.56 Å². The van der Waals surface area contributed by atoms with Crippen LogP contribution < -0.4 is 0 Å². The minimum atomic E-state index is -0.441. The highest BCUT2D eigenvalue weighted by Gasteiger charge is 2.16. The van der Waals surface area contributed by atoms with Gasteiger partial charge in [0.2, 0.25) is 5.82 Å². The highest BCUT2D eigenvalue weighted by Crippen LogP contribution is 2.28. The summed E-state index contributed by atoms with van der Waals surface area (Å²) in [5.74, 6) is -0.329. The first kappa shape index (κ1) is 18.8. The molecule has 0 fully saturated rings. The van der Waals surface area contributed by atoms with Gasteiger partial charge in [-0.05, 0) is 60.5 Å². The van der Waals surface area contributed by atoms with Crippen molar-refractivity contribution in [3.8, 4) is 22.6 Å². The van der Waals surface area contributed by atoms with E-state index in [0.29, 0.717) is 11.3 Å². The molecule has 0 aliphatic rings. The molecule has 0 amide bonds. The monoisotopic (exact) mass is 416 g/mol. The second-order valence-corrected chi connectivity index (χ2v) is 7.32. The van der Waals surface area contributed by atoms with E-state index in [4.69, 9.17) is 0 Å². The molecule has 5 aromatic rings. The Morgan fingerprint density at radius 1 is 1.13 bits per heavy atom. The molecule has 4 aromatic heterocycles. The number of aryl methyl sites for hydroxylation is 1. The number of hydrogen-bond donors (Lipinski definition) is 3. The minimum absolute atomic E-state index is 0.0675. The van der Waals surface area contributed by atoms with Gasteiger partial charge in [-0.1, -0.05) is 0 Å². The summed E-state index contributed by atoms with van der Waals surface area (Å²) in [7, 11) is 0. The van der Waals surface area contributed by atoms with Crippen molar-refractivity contribution in [3.05, 3.63) is 64.9 Å². The van der Waals surface area contributed by atoms with E-state index in [1.54, 1.807) is 18.3 Å². The van der Waals surface area contributed by atoms with Gasteiger partial charge in [-0.25, -0.2) is 9.37 Å². The number of benzene rings is 1. The molecule has 3 N–H and O–H groups in total. The van der Waals surface area contributed by atoms with E-state index < -0.39 is 5.82 Å². The Bertz CT molecular complexity index is 1420. The third-order valence-corrected chi connectivity index (χ3v) is 5.27. The third kappa shape index (κ3) is 3.37. The third-order valence-electron chi connectivity index (χ3n) is 5.27. The van der Waals surface area contributed by atoms with E-state index >= 15 is 0 Å². The van der Waals surface area contributed by atoms with Crippen LogP contribution in [0.3, 0.4) is 0 Å². The predicted molar refractivity (Wildman–Crippen MR) is 111 cm³/mol. The lowest BCUT2D eigenvalue weighted by Crippen LogP contribution is -2.06. The van der Waals surface area contributed by atoms with Gasteiger partial charge in [-0.2, -0.15) is 10.3 Å². The van der Waals surface area contributed by atoms with Crippen molar-refractivity contribution < 1.29 is 9.18 Å². The summed E-state index contributed by atoms with van der Waals surface area (Å²) < 4.78 is 14.2. The molecule has 5 rings (SSSR count). The molecule has 0 unspecified atom stereocenters. The van der Waals surface area contributed by atoms with Crippen LogP contribution in [-0.4, -0.2) is 46.6 Å². The molecule has 31 heavy (non-hydrogen) atoms. The van der Waals surface area contributed by atoms with E-state index in [-0.39, 0.29) is 23.6 Å². The van der Waals surface area contributed by atoms with E-state index in [1.807, 2.05) is 26.0 Å². The molecule has 0 atom stereocenters. The largest absolute Gasteiger partial charge is 0.339 e. The summed E-state index contributed by atoms with van der Waals surface area (Å²) in [5.41, 5.74) is 5.40. The lowest BCUT2D eigenvalue weighted by molar-refractivity contribution is 0.0987. The first-order chi connectivity index (χ1) is 15.0. The number of aromatic amines is 3. The smallest absolute Gasteiger partial charge is 0.207 e. The standard InChI is InChI=1S/C21H17FN8O/c1-10-11(2)25-26-19(10)18(31)6-12-5-14-8-17(24-20(14)23-9-12)13-3-4-16(22)15(7-13)21-27-29-30-28-21/h3-5,7-9H,6H2,1-2H3,(H,23,24)(H,25,26)(H,27,28,29,30). The Morgan fingerprint density at radius 2 is 2.00 bits per heavy atom. The average molecular weight is 416 g/mol. The minimum Gasteiger partial charge on any atom is -0.339 e. The fraction of sp³-hybridized carbons (Fsp3) is 0.143. The Labute approximate surface area is 175 Å². The molecule has 0 bridgehead atoms. The fourth-order valence-corrected chi connectivity index (χ4v) is 3.48. The SMILES string of the molecule is Cc1[nH]nc(C(=O)Cc2cnc3[nH]c(-c4ccc(F)c(-c5nn[nH]n5)c4)cc3c2)c1C. The second-order valence-electron chi connectivity index (χ2n) is 7.32. The van der Waals surface area contributed by atoms with Crippen molar-refractivity contribution in [2.24, 2.45) is 0 Å². The number of H-pyrrole nitrogens is 3. The maximum absolute atomic E-state index is 14.2. The summed E-state index contributed by atoms with van der Waals surface area (Å²) in [6.07, 6.45) is 1.87. The van der Waals surface area contributed by atoms with E-state index in [1.165, 1.54) is 6.07 Å². The normalized spacial score (nSPS) is 11.3. The van der Waals surface area contributed by atoms with Gasteiger partial charge in [0.25, 0.3) is 0 Å². The summed E-state index contributed by atoms with van der Waals surface area (Å²) in [6.45, 7) is 3.76. The van der Waals surface area contributed by atoms with Crippen LogP contribution in [0.4, 0.5) is 4.39 Å². The van der Waals surface area contributed by atoms with Gasteiger partial charge in [-0.3, -0.25) is 9.89 Å². The van der Waals surface area contributed by atoms with Gasteiger partial charge in [0.15, 0.2) is 5.78 Å². The molecule has 0 aliphatic carbocycles. The van der Waals surface area contributed by atoms with Gasteiger partial charge < -0.3 is 4.98 Å². The zero-order valence-corrected chi connectivity index (χ0v) is 16.7. The zero-order chi connectivity index (χ0) is 21.5. The van der Waals surface area contributed by atoms with Gasteiger partial charge >= 0.3 is 0 Å². The molecular weight excluding hydrogens is 399 g/mol. The summed E-state index contributed by atoms with van der Waals surface area (Å²) in [4.78, 5) is 20.3. The number of aromatic nitrogens is 8. The van der Waals surface area contributed by atoms with Crippen LogP contribution in [0.2, 0.25) is 0 Å². The molecule has 0 saturated heterocycles. The maximum Gasteiger partial charge on any atom is 0.207 e. The van der Waals surface area contributed by atoms with Crippen molar-refractivity contribution in [3.63, 3.8) is 0 Å². The van der Waals surface area contributed by atoms with Crippen LogP contribution in [0.1, 0.15) is 27.3 Å². The number of ketones is 1. The van der Waals surface area contributed by atoms with Gasteiger partial charge in [-0.15, -0.1) is 10.2 Å². The quantitative estimate of drug-likeness (QED) is 0.377. The number of fused-ring (bicyclic) bond motifs is 1. The molecule has 154 valence electrons. The average Bonchev–Trinajstić information content (AvgIpc) is 3.49. The molecule has 0 saturated carbocycles. The van der Waals surface area contributed by atoms with Crippen molar-refractivity contribution >= 4 is 16.8 Å². The predicted octanol–water partition coefficient (Wildman–Crippen LogP) is 3.31. The van der Waals surface area contributed by atoms with E-state index in [0.717, 1.165) is 33.5 Å². The molecule has 4 heterocycles. The van der Waals surface area contributed by atoms with Crippen molar-refractivity contribution in [1.82, 2.24) is 40.8 Å². The molecule has 0 spiro atoms. The number of nitrogens with zero attached hydrogens (tertiary/aromatic N) is 5. The Hall–Kier alpha value is -4.21. The van der Waals surface area contributed by atoms with Gasteiger partial charge in [0, 0.05) is 35.0 Å². The van der Waals surface area contributed by atoms with Crippen molar-refractivity contribution in [2.75, 3.05) is 0 Å². The summed E-state index contributed by atoms with van der Waals surface area (Å²) in [5, 5.41) is 21.3. The molecule has 0 radical (unpaired) electrons. The number of tetrazole rings is 1. The number of carbonyl (C=O) groups is 1. The summed E-state index contributed by atoms with van der Waals surface area (Å²) in [6, 6.07) is 8.50. The second kappa shape index (κ2) is 7.24. The van der Waals surface area contributed by atoms with Crippen LogP contribution in [0, 0.1) is 19.7 Å². The number of rotatable bonds is 5. The number of carbonyl (C=O) groups excluding carboxylic acids is 1. The summed E-state index contributed by atoms with van der Waals surface area (Å²) >= 11 is 0. The number of halogens is 1. The molecule has 10 heteroatoms. The number of nitrogens with one attached hydrogen (secondary N) is 3. The topological polar surface area (TPSA) is 129 Å². The van der Waals surface area contributed by atoms with Crippen LogP contribution in [0.25, 0.3) is 33.7 Å². The molecule has 1 aromatic carbocycles.